The van der Waals surface area contributed by atoms with Gasteiger partial charge in [-0.05, 0) is 38.3 Å². The van der Waals surface area contributed by atoms with Crippen molar-refractivity contribution in [3.05, 3.63) is 28.5 Å². The maximum absolute atomic E-state index is 12.2. The van der Waals surface area contributed by atoms with Crippen LogP contribution in [0.2, 0.25) is 0 Å². The van der Waals surface area contributed by atoms with Crippen molar-refractivity contribution >= 4 is 33.2 Å². The predicted octanol–water partition coefficient (Wildman–Crippen LogP) is 3.09. The van der Waals surface area contributed by atoms with Crippen LogP contribution >= 0.6 is 11.3 Å². The maximum atomic E-state index is 12.2. The Morgan fingerprint density at radius 3 is 3.08 bits per heavy atom. The third kappa shape index (κ3) is 2.31. The van der Waals surface area contributed by atoms with Gasteiger partial charge in [0.15, 0.2) is 5.65 Å². The zero-order valence-electron chi connectivity index (χ0n) is 14.3. The minimum atomic E-state index is -0.327. The number of H-pyrrole nitrogens is 1. The Balaban J connectivity index is 1.65. The van der Waals surface area contributed by atoms with Gasteiger partial charge < -0.3 is 4.74 Å². The number of thiophene rings is 1. The van der Waals surface area contributed by atoms with Crippen molar-refractivity contribution in [2.45, 2.75) is 32.6 Å². The fourth-order valence-electron chi connectivity index (χ4n) is 3.09. The summed E-state index contributed by atoms with van der Waals surface area (Å²) in [6.45, 7) is 4.02. The van der Waals surface area contributed by atoms with Crippen molar-refractivity contribution in [1.29, 1.82) is 0 Å². The van der Waals surface area contributed by atoms with Gasteiger partial charge in [-0.25, -0.2) is 19.3 Å². The Labute approximate surface area is 152 Å². The minimum absolute atomic E-state index is 0.327. The molecule has 4 aromatic heterocycles. The predicted molar refractivity (Wildman–Crippen MR) is 96.4 cm³/mol. The molecule has 5 rings (SSSR count). The third-order valence-electron chi connectivity index (χ3n) is 4.57. The highest BCUT2D eigenvalue weighted by molar-refractivity contribution is 7.20. The first-order valence-corrected chi connectivity index (χ1v) is 9.34. The number of carbonyl (C=O) groups is 1. The smallest absolute Gasteiger partial charge is 0.348 e. The summed E-state index contributed by atoms with van der Waals surface area (Å²) < 4.78 is 6.78. The molecule has 1 fully saturated rings. The van der Waals surface area contributed by atoms with E-state index in [0.29, 0.717) is 28.9 Å². The standard InChI is InChI=1S/C17H16N6O2S/c1-3-25-17(24)13-8(2)12-15-19-14(22-23(15)7-18-16(12)26-13)11-6-10(20-21-11)9-4-5-9/h6-7,9H,3-5H2,1-2H3,(H,20,21). The number of hydrogen-bond acceptors (Lipinski definition) is 7. The Morgan fingerprint density at radius 1 is 1.46 bits per heavy atom. The second kappa shape index (κ2) is 5.60. The summed E-state index contributed by atoms with van der Waals surface area (Å²) in [5.41, 5.74) is 3.35. The number of nitrogens with one attached hydrogen (secondary N) is 1. The number of fused-ring (bicyclic) bond motifs is 3. The first-order chi connectivity index (χ1) is 12.7. The minimum Gasteiger partial charge on any atom is -0.462 e. The normalized spacial score (nSPS) is 14.4. The van der Waals surface area contributed by atoms with Crippen molar-refractivity contribution in [2.75, 3.05) is 6.61 Å². The number of aromatic nitrogens is 6. The number of aryl methyl sites for hydroxylation is 1. The van der Waals surface area contributed by atoms with E-state index in [0.717, 1.165) is 27.2 Å². The van der Waals surface area contributed by atoms with Gasteiger partial charge in [-0.3, -0.25) is 5.10 Å². The van der Waals surface area contributed by atoms with Crippen LogP contribution in [0.1, 0.15) is 46.6 Å². The molecule has 26 heavy (non-hydrogen) atoms. The molecule has 132 valence electrons. The van der Waals surface area contributed by atoms with Crippen LogP contribution < -0.4 is 0 Å². The van der Waals surface area contributed by atoms with E-state index in [-0.39, 0.29) is 5.97 Å². The lowest BCUT2D eigenvalue weighted by molar-refractivity contribution is 0.0531. The highest BCUT2D eigenvalue weighted by Crippen LogP contribution is 2.40. The zero-order chi connectivity index (χ0) is 17.8. The molecule has 4 heterocycles. The van der Waals surface area contributed by atoms with Crippen molar-refractivity contribution in [3.63, 3.8) is 0 Å². The average molecular weight is 368 g/mol. The van der Waals surface area contributed by atoms with Crippen molar-refractivity contribution in [3.8, 4) is 11.5 Å². The molecular formula is C17H16N6O2S. The molecule has 8 nitrogen and oxygen atoms in total. The molecule has 0 amide bonds. The number of nitrogens with zero attached hydrogens (tertiary/aromatic N) is 5. The molecule has 0 aliphatic heterocycles. The molecule has 0 bridgehead atoms. The van der Waals surface area contributed by atoms with Gasteiger partial charge in [-0.2, -0.15) is 5.10 Å². The summed E-state index contributed by atoms with van der Waals surface area (Å²) >= 11 is 1.32. The van der Waals surface area contributed by atoms with Gasteiger partial charge in [0.25, 0.3) is 0 Å². The van der Waals surface area contributed by atoms with Crippen LogP contribution in [-0.2, 0) is 4.74 Å². The van der Waals surface area contributed by atoms with E-state index in [2.05, 4.69) is 25.3 Å². The van der Waals surface area contributed by atoms with E-state index in [1.54, 1.807) is 17.8 Å². The highest BCUT2D eigenvalue weighted by Gasteiger charge is 2.27. The SMILES string of the molecule is CCOC(=O)c1sc2ncn3nc(-c4cc(C5CC5)[nH]n4)nc3c2c1C. The lowest BCUT2D eigenvalue weighted by Gasteiger charge is -1.99. The lowest BCUT2D eigenvalue weighted by Crippen LogP contribution is -2.03. The van der Waals surface area contributed by atoms with Crippen LogP contribution in [0.15, 0.2) is 12.4 Å². The summed E-state index contributed by atoms with van der Waals surface area (Å²) in [6, 6.07) is 2.02. The molecule has 0 aromatic carbocycles. The third-order valence-corrected chi connectivity index (χ3v) is 5.75. The van der Waals surface area contributed by atoms with E-state index in [1.807, 2.05) is 13.0 Å². The summed E-state index contributed by atoms with van der Waals surface area (Å²) in [6.07, 6.45) is 4.03. The van der Waals surface area contributed by atoms with Crippen molar-refractivity contribution < 1.29 is 9.53 Å². The molecule has 0 spiro atoms. The number of aromatic amines is 1. The summed E-state index contributed by atoms with van der Waals surface area (Å²) in [7, 11) is 0. The Bertz CT molecular complexity index is 1150. The van der Waals surface area contributed by atoms with Crippen LogP contribution in [0.4, 0.5) is 0 Å². The molecule has 0 saturated heterocycles. The molecule has 1 aliphatic rings. The Hall–Kier alpha value is -2.81. The Morgan fingerprint density at radius 2 is 2.31 bits per heavy atom. The van der Waals surface area contributed by atoms with Gasteiger partial charge in [0.2, 0.25) is 5.82 Å². The van der Waals surface area contributed by atoms with Crippen LogP contribution in [0.25, 0.3) is 27.4 Å². The van der Waals surface area contributed by atoms with Crippen LogP contribution in [-0.4, -0.2) is 42.4 Å². The number of carbonyl (C=O) groups excluding carboxylic acids is 1. The number of rotatable bonds is 4. The molecule has 1 N–H and O–H groups in total. The lowest BCUT2D eigenvalue weighted by atomic mass is 10.2. The van der Waals surface area contributed by atoms with Crippen molar-refractivity contribution in [1.82, 2.24) is 29.8 Å². The van der Waals surface area contributed by atoms with E-state index in [1.165, 1.54) is 24.2 Å². The molecule has 4 aromatic rings. The fourth-order valence-corrected chi connectivity index (χ4v) is 4.13. The second-order valence-corrected chi connectivity index (χ2v) is 7.39. The topological polar surface area (TPSA) is 98.1 Å². The first-order valence-electron chi connectivity index (χ1n) is 8.53. The van der Waals surface area contributed by atoms with E-state index < -0.39 is 0 Å². The van der Waals surface area contributed by atoms with E-state index in [9.17, 15) is 4.79 Å². The zero-order valence-corrected chi connectivity index (χ0v) is 15.1. The molecule has 1 saturated carbocycles. The summed E-state index contributed by atoms with van der Waals surface area (Å²) in [5, 5.41) is 12.8. The van der Waals surface area contributed by atoms with Crippen LogP contribution in [0.3, 0.4) is 0 Å². The van der Waals surface area contributed by atoms with Crippen LogP contribution in [0, 0.1) is 6.92 Å². The van der Waals surface area contributed by atoms with Gasteiger partial charge in [0.1, 0.15) is 21.7 Å². The quantitative estimate of drug-likeness (QED) is 0.556. The van der Waals surface area contributed by atoms with E-state index >= 15 is 0 Å². The molecule has 9 heteroatoms. The van der Waals surface area contributed by atoms with Gasteiger partial charge in [-0.1, -0.05) is 0 Å². The molecule has 0 atom stereocenters. The molecule has 0 unspecified atom stereocenters. The number of ether oxygens (including phenoxy) is 1. The van der Waals surface area contributed by atoms with Gasteiger partial charge in [-0.15, -0.1) is 16.4 Å². The second-order valence-electron chi connectivity index (χ2n) is 6.39. The Kier molecular flexibility index (Phi) is 3.33. The van der Waals surface area contributed by atoms with Crippen LogP contribution in [0.5, 0.6) is 0 Å². The summed E-state index contributed by atoms with van der Waals surface area (Å²) in [4.78, 5) is 22.6. The largest absolute Gasteiger partial charge is 0.462 e. The van der Waals surface area contributed by atoms with Gasteiger partial charge >= 0.3 is 5.97 Å². The number of esters is 1. The number of hydrogen-bond donors (Lipinski definition) is 1. The fraction of sp³-hybridized carbons (Fsp3) is 0.353. The maximum Gasteiger partial charge on any atom is 0.348 e. The first kappa shape index (κ1) is 15.4. The highest BCUT2D eigenvalue weighted by atomic mass is 32.1. The van der Waals surface area contributed by atoms with Gasteiger partial charge in [0.05, 0.1) is 12.0 Å². The summed E-state index contributed by atoms with van der Waals surface area (Å²) in [5.74, 6) is 0.811. The monoisotopic (exact) mass is 368 g/mol. The van der Waals surface area contributed by atoms with Crippen molar-refractivity contribution in [2.24, 2.45) is 0 Å². The molecule has 0 radical (unpaired) electrons. The molecule has 1 aliphatic carbocycles. The average Bonchev–Trinajstić information content (AvgIpc) is 3.07. The molecular weight excluding hydrogens is 352 g/mol. The van der Waals surface area contributed by atoms with E-state index in [4.69, 9.17) is 4.74 Å². The van der Waals surface area contributed by atoms with Gasteiger partial charge in [0, 0.05) is 11.6 Å².